The molecule has 0 saturated carbocycles. The van der Waals surface area contributed by atoms with Crippen LogP contribution in [0.1, 0.15) is 19.0 Å². The average molecular weight is 282 g/mol. The Morgan fingerprint density at radius 3 is 2.62 bits per heavy atom. The maximum absolute atomic E-state index is 11.9. The quantitative estimate of drug-likeness (QED) is 0.916. The second-order valence-electron chi connectivity index (χ2n) is 4.93. The second kappa shape index (κ2) is 4.97. The number of carbonyl (C=O) groups is 1. The van der Waals surface area contributed by atoms with Gasteiger partial charge in [0.15, 0.2) is 11.6 Å². The maximum Gasteiger partial charge on any atom is 0.254 e. The van der Waals surface area contributed by atoms with Crippen molar-refractivity contribution in [1.82, 2.24) is 9.97 Å². The Morgan fingerprint density at radius 1 is 1.19 bits per heavy atom. The van der Waals surface area contributed by atoms with Crippen LogP contribution in [0.2, 0.25) is 0 Å². The Kier molecular flexibility index (Phi) is 3.13. The van der Waals surface area contributed by atoms with Gasteiger partial charge in [-0.05, 0) is 26.0 Å². The van der Waals surface area contributed by atoms with Gasteiger partial charge in [-0.1, -0.05) is 12.1 Å². The Balaban J connectivity index is 2.09. The molecular weight excluding hydrogens is 268 g/mol. The van der Waals surface area contributed by atoms with Gasteiger partial charge in [0.1, 0.15) is 5.75 Å². The van der Waals surface area contributed by atoms with E-state index in [0.29, 0.717) is 29.3 Å². The maximum atomic E-state index is 11.9. The zero-order valence-electron chi connectivity index (χ0n) is 11.7. The average Bonchev–Trinajstić information content (AvgIpc) is 2.77. The molecule has 1 aromatic heterocycles. The van der Waals surface area contributed by atoms with Gasteiger partial charge in [0, 0.05) is 17.5 Å². The largest absolute Gasteiger partial charge is 0.507 e. The molecule has 1 amide bonds. The number of para-hydroxylation sites is 1. The smallest absolute Gasteiger partial charge is 0.254 e. The number of carbonyl (C=O) groups excluding carboxylic acids is 1. The number of rotatable bonds is 2. The Bertz CT molecular complexity index is 755. The van der Waals surface area contributed by atoms with E-state index in [1.54, 1.807) is 37.3 Å². The number of phenols is 1. The van der Waals surface area contributed by atoms with Gasteiger partial charge in [0.2, 0.25) is 0 Å². The zero-order valence-corrected chi connectivity index (χ0v) is 11.7. The van der Waals surface area contributed by atoms with Crippen molar-refractivity contribution in [3.05, 3.63) is 36.0 Å². The van der Waals surface area contributed by atoms with Gasteiger partial charge in [-0.2, -0.15) is 10.1 Å². The summed E-state index contributed by atoms with van der Waals surface area (Å²) in [5.74, 6) is 0.772. The molecule has 21 heavy (non-hydrogen) atoms. The van der Waals surface area contributed by atoms with Crippen LogP contribution in [0.3, 0.4) is 0 Å². The molecule has 0 radical (unpaired) electrons. The summed E-state index contributed by atoms with van der Waals surface area (Å²) in [6.07, 6.45) is 0.301. The molecule has 0 spiro atoms. The van der Waals surface area contributed by atoms with E-state index in [4.69, 9.17) is 0 Å². The number of hydrogen-bond donors (Lipinski definition) is 1. The highest BCUT2D eigenvalue weighted by Crippen LogP contribution is 2.28. The summed E-state index contributed by atoms with van der Waals surface area (Å²) in [4.78, 5) is 20.6. The van der Waals surface area contributed by atoms with E-state index in [1.807, 2.05) is 6.92 Å². The van der Waals surface area contributed by atoms with Crippen LogP contribution >= 0.6 is 0 Å². The molecule has 6 nitrogen and oxygen atoms in total. The number of benzene rings is 1. The van der Waals surface area contributed by atoms with E-state index >= 15 is 0 Å². The lowest BCUT2D eigenvalue weighted by molar-refractivity contribution is -0.116. The SMILES string of the molecule is CC1=NN(c2cc(C)nc(-c3ccccc3O)n2)C(=O)C1. The van der Waals surface area contributed by atoms with Crippen molar-refractivity contribution in [2.24, 2.45) is 5.10 Å². The third kappa shape index (κ3) is 2.47. The zero-order chi connectivity index (χ0) is 15.0. The summed E-state index contributed by atoms with van der Waals surface area (Å²) in [5, 5.41) is 15.4. The summed E-state index contributed by atoms with van der Waals surface area (Å²) >= 11 is 0. The number of anilines is 1. The lowest BCUT2D eigenvalue weighted by Gasteiger charge is -2.13. The fourth-order valence-electron chi connectivity index (χ4n) is 2.18. The minimum Gasteiger partial charge on any atom is -0.507 e. The molecule has 0 saturated heterocycles. The second-order valence-corrected chi connectivity index (χ2v) is 4.93. The van der Waals surface area contributed by atoms with Gasteiger partial charge in [-0.15, -0.1) is 0 Å². The molecule has 106 valence electrons. The van der Waals surface area contributed by atoms with Crippen molar-refractivity contribution in [2.45, 2.75) is 20.3 Å². The Morgan fingerprint density at radius 2 is 1.95 bits per heavy atom. The van der Waals surface area contributed by atoms with Gasteiger partial charge < -0.3 is 5.11 Å². The van der Waals surface area contributed by atoms with Gasteiger partial charge in [-0.3, -0.25) is 4.79 Å². The predicted octanol–water partition coefficient (Wildman–Crippen LogP) is 2.27. The molecule has 0 aliphatic carbocycles. The molecule has 1 aliphatic rings. The third-order valence-corrected chi connectivity index (χ3v) is 3.12. The van der Waals surface area contributed by atoms with Crippen LogP contribution < -0.4 is 5.01 Å². The van der Waals surface area contributed by atoms with Gasteiger partial charge >= 0.3 is 0 Å². The van der Waals surface area contributed by atoms with E-state index < -0.39 is 0 Å². The predicted molar refractivity (Wildman–Crippen MR) is 79.1 cm³/mol. The van der Waals surface area contributed by atoms with E-state index in [9.17, 15) is 9.90 Å². The molecule has 2 heterocycles. The van der Waals surface area contributed by atoms with Crippen LogP contribution in [-0.2, 0) is 4.79 Å². The van der Waals surface area contributed by atoms with E-state index in [1.165, 1.54) is 5.01 Å². The first kappa shape index (κ1) is 13.2. The third-order valence-electron chi connectivity index (χ3n) is 3.12. The molecule has 0 atom stereocenters. The number of aromatic hydroxyl groups is 1. The van der Waals surface area contributed by atoms with Crippen molar-refractivity contribution in [3.8, 4) is 17.1 Å². The number of aryl methyl sites for hydroxylation is 1. The first-order valence-corrected chi connectivity index (χ1v) is 6.55. The fourth-order valence-corrected chi connectivity index (χ4v) is 2.18. The summed E-state index contributed by atoms with van der Waals surface area (Å²) in [5.41, 5.74) is 1.97. The lowest BCUT2D eigenvalue weighted by Crippen LogP contribution is -2.21. The van der Waals surface area contributed by atoms with Crippen LogP contribution in [0.15, 0.2) is 35.4 Å². The van der Waals surface area contributed by atoms with Gasteiger partial charge in [0.05, 0.1) is 12.0 Å². The highest BCUT2D eigenvalue weighted by Gasteiger charge is 2.25. The van der Waals surface area contributed by atoms with Gasteiger partial charge in [0.25, 0.3) is 5.91 Å². The van der Waals surface area contributed by atoms with E-state index in [0.717, 1.165) is 5.71 Å². The minimum absolute atomic E-state index is 0.0986. The molecule has 2 aromatic rings. The van der Waals surface area contributed by atoms with Crippen molar-refractivity contribution < 1.29 is 9.90 Å². The number of aromatic nitrogens is 2. The molecule has 1 aliphatic heterocycles. The lowest BCUT2D eigenvalue weighted by atomic mass is 10.2. The molecular formula is C15H14N4O2. The van der Waals surface area contributed by atoms with Crippen molar-refractivity contribution in [1.29, 1.82) is 0 Å². The monoisotopic (exact) mass is 282 g/mol. The number of phenolic OH excluding ortho intramolecular Hbond substituents is 1. The molecule has 3 rings (SSSR count). The number of nitrogens with zero attached hydrogens (tertiary/aromatic N) is 4. The molecule has 0 bridgehead atoms. The Hall–Kier alpha value is -2.76. The summed E-state index contributed by atoms with van der Waals surface area (Å²) in [6, 6.07) is 8.53. The van der Waals surface area contributed by atoms with Crippen molar-refractivity contribution in [2.75, 3.05) is 5.01 Å². The van der Waals surface area contributed by atoms with Crippen LogP contribution in [0.25, 0.3) is 11.4 Å². The summed E-state index contributed by atoms with van der Waals surface area (Å²) in [6.45, 7) is 3.61. The first-order valence-electron chi connectivity index (χ1n) is 6.55. The number of hydrogen-bond acceptors (Lipinski definition) is 5. The molecule has 6 heteroatoms. The number of amides is 1. The van der Waals surface area contributed by atoms with Crippen LogP contribution in [0.5, 0.6) is 5.75 Å². The highest BCUT2D eigenvalue weighted by molar-refractivity contribution is 6.11. The summed E-state index contributed by atoms with van der Waals surface area (Å²) < 4.78 is 0. The van der Waals surface area contributed by atoms with Gasteiger partial charge in [-0.25, -0.2) is 9.97 Å². The normalized spacial score (nSPS) is 14.5. The standard InChI is InChI=1S/C15H14N4O2/c1-9-7-13(19-14(21)8-10(2)18-19)17-15(16-9)11-5-3-4-6-12(11)20/h3-7,20H,8H2,1-2H3. The summed E-state index contributed by atoms with van der Waals surface area (Å²) in [7, 11) is 0. The topological polar surface area (TPSA) is 78.7 Å². The molecule has 0 fully saturated rings. The molecule has 1 N–H and O–H groups in total. The highest BCUT2D eigenvalue weighted by atomic mass is 16.3. The Labute approximate surface area is 121 Å². The minimum atomic E-state index is -0.117. The number of hydrazone groups is 1. The van der Waals surface area contributed by atoms with Crippen LogP contribution in [0.4, 0.5) is 5.82 Å². The van der Waals surface area contributed by atoms with Crippen LogP contribution in [-0.4, -0.2) is 26.7 Å². The van der Waals surface area contributed by atoms with E-state index in [-0.39, 0.29) is 11.7 Å². The first-order chi connectivity index (χ1) is 10.0. The van der Waals surface area contributed by atoms with Crippen molar-refractivity contribution >= 4 is 17.4 Å². The van der Waals surface area contributed by atoms with E-state index in [2.05, 4.69) is 15.1 Å². The molecule has 0 unspecified atom stereocenters. The molecule has 1 aromatic carbocycles. The van der Waals surface area contributed by atoms with Crippen molar-refractivity contribution in [3.63, 3.8) is 0 Å². The van der Waals surface area contributed by atoms with Crippen LogP contribution in [0, 0.1) is 6.92 Å². The fraction of sp³-hybridized carbons (Fsp3) is 0.200.